The average molecular weight is 348 g/mol. The highest BCUT2D eigenvalue weighted by Crippen LogP contribution is 2.29. The third-order valence-electron chi connectivity index (χ3n) is 4.93. The highest BCUT2D eigenvalue weighted by atomic mass is 16.5. The first-order valence-electron chi connectivity index (χ1n) is 8.81. The predicted octanol–water partition coefficient (Wildman–Crippen LogP) is 2.06. The quantitative estimate of drug-likeness (QED) is 0.831. The van der Waals surface area contributed by atoms with E-state index in [-0.39, 0.29) is 5.91 Å². The Morgan fingerprint density at radius 1 is 1.27 bits per heavy atom. The minimum absolute atomic E-state index is 0.0224. The maximum Gasteiger partial charge on any atom is 0.257 e. The van der Waals surface area contributed by atoms with Gasteiger partial charge in [-0.3, -0.25) is 4.79 Å². The van der Waals surface area contributed by atoms with Crippen LogP contribution in [0.4, 0.5) is 11.5 Å². The van der Waals surface area contributed by atoms with E-state index in [0.717, 1.165) is 17.8 Å². The standard InChI is InChI=1S/C20H20N4O2/c1-14-6-7-16(12-21)19(22-14)23-10-11-26-18(13-23)20(25)24-9-8-15-4-2-3-5-17(15)24/h2-7,18H,8-11,13H2,1H3. The zero-order chi connectivity index (χ0) is 18.1. The van der Waals surface area contributed by atoms with Crippen LogP contribution >= 0.6 is 0 Å². The summed E-state index contributed by atoms with van der Waals surface area (Å²) in [6.07, 6.45) is 0.319. The van der Waals surface area contributed by atoms with E-state index in [4.69, 9.17) is 4.74 Å². The molecular formula is C20H20N4O2. The first-order valence-corrected chi connectivity index (χ1v) is 8.81. The number of nitrogens with zero attached hydrogens (tertiary/aromatic N) is 4. The second kappa shape index (κ2) is 6.77. The van der Waals surface area contributed by atoms with Crippen LogP contribution in [0.1, 0.15) is 16.8 Å². The molecule has 1 aromatic carbocycles. The fraction of sp³-hybridized carbons (Fsp3) is 0.350. The minimum atomic E-state index is -0.552. The van der Waals surface area contributed by atoms with Crippen molar-refractivity contribution in [3.8, 4) is 6.07 Å². The molecular weight excluding hydrogens is 328 g/mol. The number of hydrogen-bond donors (Lipinski definition) is 0. The lowest BCUT2D eigenvalue weighted by Gasteiger charge is -2.35. The largest absolute Gasteiger partial charge is 0.365 e. The Morgan fingerprint density at radius 2 is 2.12 bits per heavy atom. The highest BCUT2D eigenvalue weighted by molar-refractivity contribution is 5.98. The molecule has 0 N–H and O–H groups in total. The van der Waals surface area contributed by atoms with Crippen LogP contribution in [-0.2, 0) is 16.0 Å². The summed E-state index contributed by atoms with van der Waals surface area (Å²) in [4.78, 5) is 21.4. The first-order chi connectivity index (χ1) is 12.7. The third kappa shape index (κ3) is 2.91. The van der Waals surface area contributed by atoms with Crippen LogP contribution in [0.25, 0.3) is 0 Å². The summed E-state index contributed by atoms with van der Waals surface area (Å²) in [7, 11) is 0. The summed E-state index contributed by atoms with van der Waals surface area (Å²) in [5.41, 5.74) is 3.54. The summed E-state index contributed by atoms with van der Waals surface area (Å²) < 4.78 is 5.78. The SMILES string of the molecule is Cc1ccc(C#N)c(N2CCOC(C(=O)N3CCc4ccccc43)C2)n1. The topological polar surface area (TPSA) is 69.5 Å². The summed E-state index contributed by atoms with van der Waals surface area (Å²) in [5, 5.41) is 9.37. The van der Waals surface area contributed by atoms with Crippen LogP contribution in [-0.4, -0.2) is 43.2 Å². The number of rotatable bonds is 2. The molecule has 0 saturated carbocycles. The van der Waals surface area contributed by atoms with E-state index < -0.39 is 6.10 Å². The molecule has 1 aromatic heterocycles. The molecule has 26 heavy (non-hydrogen) atoms. The predicted molar refractivity (Wildman–Crippen MR) is 98.1 cm³/mol. The number of nitriles is 1. The molecule has 0 radical (unpaired) electrons. The van der Waals surface area contributed by atoms with Gasteiger partial charge in [-0.1, -0.05) is 18.2 Å². The number of aryl methyl sites for hydroxylation is 1. The van der Waals surface area contributed by atoms with Crippen molar-refractivity contribution < 1.29 is 9.53 Å². The van der Waals surface area contributed by atoms with Crippen molar-refractivity contribution in [2.45, 2.75) is 19.4 Å². The van der Waals surface area contributed by atoms with Crippen LogP contribution in [0.15, 0.2) is 36.4 Å². The van der Waals surface area contributed by atoms with Crippen molar-refractivity contribution in [3.05, 3.63) is 53.2 Å². The zero-order valence-electron chi connectivity index (χ0n) is 14.7. The third-order valence-corrected chi connectivity index (χ3v) is 4.93. The number of benzene rings is 1. The highest BCUT2D eigenvalue weighted by Gasteiger charge is 2.34. The molecule has 1 unspecified atom stereocenters. The number of para-hydroxylation sites is 1. The van der Waals surface area contributed by atoms with Crippen LogP contribution in [0.2, 0.25) is 0 Å². The van der Waals surface area contributed by atoms with Gasteiger partial charge in [-0.05, 0) is 37.1 Å². The molecule has 0 spiro atoms. The number of aromatic nitrogens is 1. The normalized spacial score (nSPS) is 19.2. The summed E-state index contributed by atoms with van der Waals surface area (Å²) in [6.45, 7) is 4.04. The molecule has 2 aliphatic heterocycles. The van der Waals surface area contributed by atoms with Gasteiger partial charge in [-0.25, -0.2) is 4.98 Å². The van der Waals surface area contributed by atoms with Crippen molar-refractivity contribution in [2.75, 3.05) is 36.0 Å². The number of fused-ring (bicyclic) bond motifs is 1. The Balaban J connectivity index is 1.56. The van der Waals surface area contributed by atoms with Gasteiger partial charge in [0.2, 0.25) is 0 Å². The molecule has 0 bridgehead atoms. The fourth-order valence-corrected chi connectivity index (χ4v) is 3.60. The van der Waals surface area contributed by atoms with E-state index in [1.54, 1.807) is 6.07 Å². The molecule has 2 aliphatic rings. The van der Waals surface area contributed by atoms with Crippen LogP contribution < -0.4 is 9.80 Å². The molecule has 1 saturated heterocycles. The summed E-state index contributed by atoms with van der Waals surface area (Å²) >= 11 is 0. The number of hydrogen-bond acceptors (Lipinski definition) is 5. The van der Waals surface area contributed by atoms with Gasteiger partial charge in [0.25, 0.3) is 5.91 Å². The number of ether oxygens (including phenoxy) is 1. The van der Waals surface area contributed by atoms with Gasteiger partial charge in [0.05, 0.1) is 18.7 Å². The number of anilines is 2. The molecule has 132 valence electrons. The van der Waals surface area contributed by atoms with Gasteiger partial charge in [-0.2, -0.15) is 5.26 Å². The summed E-state index contributed by atoms with van der Waals surface area (Å²) in [5.74, 6) is 0.612. The second-order valence-electron chi connectivity index (χ2n) is 6.61. The van der Waals surface area contributed by atoms with Crippen LogP contribution in [0.5, 0.6) is 0 Å². The molecule has 2 aromatic rings. The first kappa shape index (κ1) is 16.6. The fourth-order valence-electron chi connectivity index (χ4n) is 3.60. The van der Waals surface area contributed by atoms with E-state index >= 15 is 0 Å². The zero-order valence-corrected chi connectivity index (χ0v) is 14.7. The van der Waals surface area contributed by atoms with Gasteiger partial charge < -0.3 is 14.5 Å². The molecule has 1 amide bonds. The number of carbonyl (C=O) groups excluding carboxylic acids is 1. The van der Waals surface area contributed by atoms with E-state index in [9.17, 15) is 10.1 Å². The molecule has 4 rings (SSSR count). The monoisotopic (exact) mass is 348 g/mol. The van der Waals surface area contributed by atoms with Crippen LogP contribution in [0.3, 0.4) is 0 Å². The van der Waals surface area contributed by atoms with Gasteiger partial charge in [0.15, 0.2) is 6.10 Å². The number of morpholine rings is 1. The Hall–Kier alpha value is -2.91. The Labute approximate surface area is 152 Å². The van der Waals surface area contributed by atoms with Crippen molar-refractivity contribution in [1.82, 2.24) is 4.98 Å². The van der Waals surface area contributed by atoms with Crippen molar-refractivity contribution >= 4 is 17.4 Å². The molecule has 0 aliphatic carbocycles. The number of pyridine rings is 1. The summed E-state index contributed by atoms with van der Waals surface area (Å²) in [6, 6.07) is 13.8. The molecule has 3 heterocycles. The molecule has 1 fully saturated rings. The van der Waals surface area contributed by atoms with E-state index in [0.29, 0.717) is 37.6 Å². The molecule has 6 heteroatoms. The maximum atomic E-state index is 13.1. The molecule has 1 atom stereocenters. The molecule has 6 nitrogen and oxygen atoms in total. The second-order valence-corrected chi connectivity index (χ2v) is 6.61. The van der Waals surface area contributed by atoms with Gasteiger partial charge >= 0.3 is 0 Å². The van der Waals surface area contributed by atoms with E-state index in [1.165, 1.54) is 5.56 Å². The Morgan fingerprint density at radius 3 is 2.96 bits per heavy atom. The Bertz CT molecular complexity index is 890. The van der Waals surface area contributed by atoms with Gasteiger partial charge in [0, 0.05) is 24.5 Å². The van der Waals surface area contributed by atoms with Crippen molar-refractivity contribution in [1.29, 1.82) is 5.26 Å². The van der Waals surface area contributed by atoms with E-state index in [1.807, 2.05) is 41.0 Å². The lowest BCUT2D eigenvalue weighted by atomic mass is 10.1. The van der Waals surface area contributed by atoms with E-state index in [2.05, 4.69) is 17.1 Å². The lowest BCUT2D eigenvalue weighted by Crippen LogP contribution is -2.51. The maximum absolute atomic E-state index is 13.1. The van der Waals surface area contributed by atoms with Crippen molar-refractivity contribution in [2.24, 2.45) is 0 Å². The number of carbonyl (C=O) groups is 1. The number of amides is 1. The average Bonchev–Trinajstić information content (AvgIpc) is 3.11. The Kier molecular flexibility index (Phi) is 4.31. The van der Waals surface area contributed by atoms with Crippen LogP contribution in [0, 0.1) is 18.3 Å². The van der Waals surface area contributed by atoms with Crippen molar-refractivity contribution in [3.63, 3.8) is 0 Å². The smallest absolute Gasteiger partial charge is 0.257 e. The lowest BCUT2D eigenvalue weighted by molar-refractivity contribution is -0.130. The van der Waals surface area contributed by atoms with Gasteiger partial charge in [0.1, 0.15) is 11.9 Å². The minimum Gasteiger partial charge on any atom is -0.365 e. The van der Waals surface area contributed by atoms with Gasteiger partial charge in [-0.15, -0.1) is 0 Å².